The summed E-state index contributed by atoms with van der Waals surface area (Å²) in [4.78, 5) is 147. The van der Waals surface area contributed by atoms with Crippen molar-refractivity contribution in [3.8, 4) is 5.75 Å². The minimum atomic E-state index is -1.87. The van der Waals surface area contributed by atoms with Gasteiger partial charge in [-0.15, -0.1) is 0 Å². The second-order valence-corrected chi connectivity index (χ2v) is 29.3. The Morgan fingerprint density at radius 2 is 1.17 bits per heavy atom. The first-order chi connectivity index (χ1) is 48.9. The molecule has 31 nitrogen and oxygen atoms in total. The number of aliphatic carboxylic acids is 1. The van der Waals surface area contributed by atoms with E-state index in [1.165, 1.54) is 31.2 Å². The number of amides is 9. The van der Waals surface area contributed by atoms with E-state index in [-0.39, 0.29) is 80.7 Å². The summed E-state index contributed by atoms with van der Waals surface area (Å²) >= 11 is 0. The Morgan fingerprint density at radius 3 is 1.76 bits per heavy atom. The molecule has 0 saturated carbocycles. The summed E-state index contributed by atoms with van der Waals surface area (Å²) in [5.74, 6) is -10.1. The highest BCUT2D eigenvalue weighted by Crippen LogP contribution is 2.25. The van der Waals surface area contributed by atoms with Gasteiger partial charge >= 0.3 is 5.97 Å². The van der Waals surface area contributed by atoms with E-state index >= 15 is 14.4 Å². The van der Waals surface area contributed by atoms with Crippen LogP contribution in [0.4, 0.5) is 0 Å². The minimum absolute atomic E-state index is 0.00357. The van der Waals surface area contributed by atoms with E-state index in [4.69, 9.17) is 5.73 Å². The fourth-order valence-corrected chi connectivity index (χ4v) is 14.4. The van der Waals surface area contributed by atoms with E-state index in [0.717, 1.165) is 53.5 Å². The van der Waals surface area contributed by atoms with E-state index < -0.39 is 125 Å². The molecule has 0 aliphatic carbocycles. The summed E-state index contributed by atoms with van der Waals surface area (Å²) in [6.45, 7) is 12.7. The largest absolute Gasteiger partial charge is 0.508 e. The Kier molecular flexibility index (Phi) is 33.0. The maximum absolute atomic E-state index is 15.3. The van der Waals surface area contributed by atoms with Crippen molar-refractivity contribution >= 4 is 91.6 Å². The Hall–Kier alpha value is -7.96. The molecule has 33 heteroatoms. The molecule has 2 bridgehead atoms. The van der Waals surface area contributed by atoms with Crippen LogP contribution in [0.3, 0.4) is 0 Å². The summed E-state index contributed by atoms with van der Waals surface area (Å²) in [5.41, 5.74) is 7.31. The van der Waals surface area contributed by atoms with Crippen LogP contribution in [0, 0.1) is 5.41 Å². The first-order valence-electron chi connectivity index (χ1n) is 34.8. The number of fused-ring (bicyclic) bond motifs is 16. The molecule has 10 atom stereocenters. The third-order valence-electron chi connectivity index (χ3n) is 17.8. The summed E-state index contributed by atoms with van der Waals surface area (Å²) in [7, 11) is 1.77. The van der Waals surface area contributed by atoms with Gasteiger partial charge in [0.05, 0.1) is 17.7 Å². The number of hydrogen-bond acceptors (Lipinski definition) is 22. The molecule has 0 spiro atoms. The van der Waals surface area contributed by atoms with E-state index in [2.05, 4.69) is 91.7 Å². The number of aromatic nitrogens is 1. The number of H-pyrrole nitrogens is 1. The lowest BCUT2D eigenvalue weighted by Gasteiger charge is -2.37. The zero-order valence-corrected chi connectivity index (χ0v) is 59.7. The predicted octanol–water partition coefficient (Wildman–Crippen LogP) is -3.25. The second kappa shape index (κ2) is 41.4. The fraction of sp³-hybridized carbons (Fsp3) is 0.565. The molecule has 8 rings (SSSR count). The lowest BCUT2D eigenvalue weighted by molar-refractivity contribution is -0.145. The van der Waals surface area contributed by atoms with E-state index in [1.807, 2.05) is 18.2 Å². The van der Waals surface area contributed by atoms with Gasteiger partial charge in [0, 0.05) is 139 Å². The number of carboxylic acid groups (broad SMARTS) is 1. The van der Waals surface area contributed by atoms with Crippen molar-refractivity contribution in [3.05, 3.63) is 102 Å². The van der Waals surface area contributed by atoms with Crippen molar-refractivity contribution in [2.24, 2.45) is 11.1 Å². The molecular weight excluding hydrogens is 1350 g/mol. The number of aliphatic hydroxyl groups excluding tert-OH is 2. The monoisotopic (exact) mass is 1460 g/mol. The average Bonchev–Trinajstić information content (AvgIpc) is 1.62. The van der Waals surface area contributed by atoms with E-state index in [0.29, 0.717) is 87.7 Å². The number of phenols is 1. The van der Waals surface area contributed by atoms with Crippen LogP contribution in [0.15, 0.2) is 84.9 Å². The number of benzene rings is 3. The molecular formula is C69H103N17O14S2. The van der Waals surface area contributed by atoms with Crippen LogP contribution >= 0.6 is 21.6 Å². The fourth-order valence-electron chi connectivity index (χ4n) is 12.0. The van der Waals surface area contributed by atoms with Gasteiger partial charge in [-0.2, -0.15) is 0 Å². The van der Waals surface area contributed by atoms with Gasteiger partial charge < -0.3 is 111 Å². The van der Waals surface area contributed by atoms with Crippen molar-refractivity contribution in [1.29, 1.82) is 0 Å². The molecule has 102 heavy (non-hydrogen) atoms. The molecule has 5 heterocycles. The van der Waals surface area contributed by atoms with Gasteiger partial charge in [0.15, 0.2) is 6.04 Å². The number of unbranched alkanes of at least 4 members (excludes halogenated alkanes) is 1. The summed E-state index contributed by atoms with van der Waals surface area (Å²) in [6.07, 6.45) is -3.37. The topological polar surface area (TPSA) is 474 Å². The van der Waals surface area contributed by atoms with Gasteiger partial charge in [0.25, 0.3) is 0 Å². The van der Waals surface area contributed by atoms with Crippen LogP contribution < -0.4 is 85.5 Å². The van der Waals surface area contributed by atoms with Gasteiger partial charge in [-0.25, -0.2) is 4.79 Å². The lowest BCUT2D eigenvalue weighted by Crippen LogP contribution is -2.66. The van der Waals surface area contributed by atoms with Gasteiger partial charge in [-0.05, 0) is 86.9 Å². The predicted molar refractivity (Wildman–Crippen MR) is 388 cm³/mol. The number of phenolic OH excluding ortho intramolecular Hbond substituents is 1. The first-order valence-corrected chi connectivity index (χ1v) is 37.3. The minimum Gasteiger partial charge on any atom is -0.508 e. The highest BCUT2D eigenvalue weighted by atomic mass is 33.1. The molecule has 2 unspecified atom stereocenters. The number of nitrogens with one attached hydrogen (secondary N) is 16. The number of carbonyl (C=O) groups excluding carboxylic acids is 9. The molecule has 4 fully saturated rings. The quantitative estimate of drug-likeness (QED) is 0.0256. The normalized spacial score (nSPS) is 25.0. The zero-order valence-electron chi connectivity index (χ0n) is 58.1. The Balaban J connectivity index is 1.19. The molecule has 4 saturated heterocycles. The molecule has 9 amide bonds. The zero-order chi connectivity index (χ0) is 73.6. The maximum Gasteiger partial charge on any atom is 0.328 e. The molecule has 560 valence electrons. The van der Waals surface area contributed by atoms with Crippen LogP contribution in [0.25, 0.3) is 10.9 Å². The highest BCUT2D eigenvalue weighted by Gasteiger charge is 2.39. The Morgan fingerprint density at radius 1 is 0.608 bits per heavy atom. The number of aromatic hydroxyl groups is 1. The Bertz CT molecular complexity index is 3330. The summed E-state index contributed by atoms with van der Waals surface area (Å²) < 4.78 is 0. The number of rotatable bonds is 23. The number of aliphatic hydroxyl groups is 2. The van der Waals surface area contributed by atoms with E-state index in [9.17, 15) is 54.0 Å². The second-order valence-electron chi connectivity index (χ2n) is 26.8. The van der Waals surface area contributed by atoms with Crippen LogP contribution in [-0.2, 0) is 67.2 Å². The van der Waals surface area contributed by atoms with Crippen molar-refractivity contribution in [2.75, 3.05) is 96.6 Å². The highest BCUT2D eigenvalue weighted by molar-refractivity contribution is 8.76. The van der Waals surface area contributed by atoms with Gasteiger partial charge in [0.2, 0.25) is 53.2 Å². The Labute approximate surface area is 601 Å². The summed E-state index contributed by atoms with van der Waals surface area (Å²) in [5, 5.41) is 88.2. The molecule has 4 aliphatic rings. The number of carbonyl (C=O) groups is 10. The van der Waals surface area contributed by atoms with Crippen molar-refractivity contribution in [2.45, 2.75) is 145 Å². The number of nitrogens with two attached hydrogens (primary N) is 1. The number of hydrogen-bond donors (Lipinski definition) is 21. The molecule has 4 aromatic rings. The molecule has 3 aromatic carbocycles. The number of carboxylic acids is 1. The van der Waals surface area contributed by atoms with Gasteiger partial charge in [0.1, 0.15) is 48.0 Å². The van der Waals surface area contributed by atoms with Crippen molar-refractivity contribution in [3.63, 3.8) is 0 Å². The molecule has 1 aromatic heterocycles. The van der Waals surface area contributed by atoms with Crippen LogP contribution in [-0.4, -0.2) is 247 Å². The molecule has 22 N–H and O–H groups in total. The standard InChI is InChI=1S/C69H103N17O14S2/c1-42(87)58-66(98)83-55(65(97)85-59(43(2)88)67(99)100)35-102-101-34-54(64(96)80-52(31-45-19-21-48(89)22-20-45)62(94)81-53(33-47-32-46-14-7-8-15-49(46)77-47)63(95)79-50(60(92)84-58)16-9-10-23-70)82-61(93)51(30-44-12-5-4-6-13-44)78-56(90)17-11-18-57(91)86-69-39-74-27-24-71-36-68(3,37-72-25-28-75-40-69)38-73-26-29-76-41-69/h4-8,12-15,19-22,32,42-43,50-55,58-59,71-77,87-89H,9-11,16-18,23-31,33-41,70H2,1-3H3,(H,78,90)(H,79,95)(H,80,96)(H,81,94)(H,82,93)(H,83,98)(H,84,92)(H,85,97)(H,86,91)(H,99,100)/t42?,43?,50-,51+,52-,53+,54-,55-,58-,59-,68?,69?/m0/s1. The van der Waals surface area contributed by atoms with Crippen LogP contribution in [0.2, 0.25) is 0 Å². The molecule has 0 radical (unpaired) electrons. The third kappa shape index (κ3) is 26.7. The van der Waals surface area contributed by atoms with Crippen LogP contribution in [0.1, 0.15) is 76.1 Å². The van der Waals surface area contributed by atoms with Gasteiger partial charge in [-0.1, -0.05) is 89.2 Å². The van der Waals surface area contributed by atoms with Crippen LogP contribution in [0.5, 0.6) is 5.75 Å². The van der Waals surface area contributed by atoms with Gasteiger partial charge in [-0.3, -0.25) is 43.2 Å². The first kappa shape index (κ1) is 81.3. The number of para-hydroxylation sites is 1. The average molecular weight is 1460 g/mol. The smallest absolute Gasteiger partial charge is 0.328 e. The lowest BCUT2D eigenvalue weighted by atomic mass is 9.90. The number of aromatic amines is 1. The van der Waals surface area contributed by atoms with E-state index in [1.54, 1.807) is 42.5 Å². The third-order valence-corrected chi connectivity index (χ3v) is 20.2. The molecule has 4 aliphatic heterocycles. The summed E-state index contributed by atoms with van der Waals surface area (Å²) in [6, 6.07) is 10.8. The van der Waals surface area contributed by atoms with Crippen molar-refractivity contribution in [1.82, 2.24) is 84.7 Å². The van der Waals surface area contributed by atoms with Crippen molar-refractivity contribution < 1.29 is 68.4 Å². The maximum atomic E-state index is 15.3. The SMILES string of the molecule is CC(O)[C@H](NC(=O)[C@@H]1CSSC[C@H](NC(=O)[C@@H](Cc2ccccc2)NC(=O)CCCC(=O)NC23CNCCNCC(C)(CNCCNC2)CNCCNC3)C(=O)N[C@@H](Cc2ccc(O)cc2)C(=O)N[C@H](Cc2cc3ccccc3[nH]2)C(=O)N[C@@H](CCCCN)C(=O)N[C@@H](C(C)O)C(=O)N1)C(=O)O.